The van der Waals surface area contributed by atoms with Gasteiger partial charge in [0.15, 0.2) is 0 Å². The van der Waals surface area contributed by atoms with Gasteiger partial charge in [-0.25, -0.2) is 0 Å². The molecule has 2 fully saturated rings. The summed E-state index contributed by atoms with van der Waals surface area (Å²) in [5.74, 6) is 1.05. The molecule has 24 heavy (non-hydrogen) atoms. The molecule has 1 saturated carbocycles. The Morgan fingerprint density at radius 1 is 1.12 bits per heavy atom. The average molecular weight is 369 g/mol. The van der Waals surface area contributed by atoms with Gasteiger partial charge in [0.2, 0.25) is 5.91 Å². The van der Waals surface area contributed by atoms with Crippen LogP contribution < -0.4 is 5.32 Å². The lowest BCUT2D eigenvalue weighted by Gasteiger charge is -2.41. The van der Waals surface area contributed by atoms with Crippen molar-refractivity contribution in [3.8, 4) is 0 Å². The molecule has 2 atom stereocenters. The number of likely N-dealkylation sites (tertiary alicyclic amines) is 1. The van der Waals surface area contributed by atoms with Crippen LogP contribution in [0.4, 0.5) is 0 Å². The van der Waals surface area contributed by atoms with Crippen molar-refractivity contribution in [1.29, 1.82) is 0 Å². The molecular formula is C18H22Cl2N2O2. The van der Waals surface area contributed by atoms with Gasteiger partial charge in [-0.2, -0.15) is 0 Å². The Labute approximate surface area is 152 Å². The minimum atomic E-state index is -0.349. The van der Waals surface area contributed by atoms with Crippen LogP contribution in [-0.4, -0.2) is 36.3 Å². The molecule has 2 amide bonds. The molecule has 1 N–H and O–H groups in total. The van der Waals surface area contributed by atoms with Crippen molar-refractivity contribution in [3.63, 3.8) is 0 Å². The van der Waals surface area contributed by atoms with Crippen molar-refractivity contribution in [3.05, 3.63) is 33.8 Å². The number of carbonyl (C=O) groups is 2. The van der Waals surface area contributed by atoms with Crippen LogP contribution in [0.1, 0.15) is 42.5 Å². The van der Waals surface area contributed by atoms with Gasteiger partial charge in [-0.05, 0) is 42.9 Å². The third-order valence-electron chi connectivity index (χ3n) is 5.22. The van der Waals surface area contributed by atoms with Crippen LogP contribution in [-0.2, 0) is 4.79 Å². The quantitative estimate of drug-likeness (QED) is 0.882. The maximum absolute atomic E-state index is 12.4. The van der Waals surface area contributed by atoms with Crippen LogP contribution in [0.2, 0.25) is 10.0 Å². The van der Waals surface area contributed by atoms with Crippen LogP contribution in [0, 0.1) is 11.8 Å². The SMILES string of the molecule is O=C(NCC(=O)N1CC[C@@H]2CCCC[C@H]2C1)c1ccc(Cl)cc1Cl. The minimum Gasteiger partial charge on any atom is -0.343 e. The van der Waals surface area contributed by atoms with Crippen molar-refractivity contribution in [2.45, 2.75) is 32.1 Å². The molecule has 6 heteroatoms. The number of fused-ring (bicyclic) bond motifs is 1. The Morgan fingerprint density at radius 2 is 1.88 bits per heavy atom. The van der Waals surface area contributed by atoms with E-state index >= 15 is 0 Å². The Hall–Kier alpha value is -1.26. The predicted octanol–water partition coefficient (Wildman–Crippen LogP) is 3.76. The second-order valence-corrected chi connectivity index (χ2v) is 7.58. The van der Waals surface area contributed by atoms with Crippen LogP contribution in [0.25, 0.3) is 0 Å². The van der Waals surface area contributed by atoms with E-state index in [1.54, 1.807) is 12.1 Å². The largest absolute Gasteiger partial charge is 0.343 e. The lowest BCUT2D eigenvalue weighted by molar-refractivity contribution is -0.133. The fourth-order valence-corrected chi connectivity index (χ4v) is 4.36. The van der Waals surface area contributed by atoms with Crippen molar-refractivity contribution in [2.24, 2.45) is 11.8 Å². The molecular weight excluding hydrogens is 347 g/mol. The summed E-state index contributed by atoms with van der Waals surface area (Å²) in [6.45, 7) is 1.65. The van der Waals surface area contributed by atoms with E-state index in [2.05, 4.69) is 5.32 Å². The van der Waals surface area contributed by atoms with E-state index in [1.165, 1.54) is 31.7 Å². The standard InChI is InChI=1S/C18H22Cl2N2O2/c19-14-5-6-15(16(20)9-14)18(24)21-10-17(23)22-8-7-12-3-1-2-4-13(12)11-22/h5-6,9,12-13H,1-4,7-8,10-11H2,(H,21,24)/t12-,13-/m0/s1. The van der Waals surface area contributed by atoms with E-state index in [4.69, 9.17) is 23.2 Å². The monoisotopic (exact) mass is 368 g/mol. The zero-order valence-electron chi connectivity index (χ0n) is 13.6. The van der Waals surface area contributed by atoms with Gasteiger partial charge in [0.05, 0.1) is 17.1 Å². The molecule has 1 aromatic rings. The summed E-state index contributed by atoms with van der Waals surface area (Å²) in [7, 11) is 0. The van der Waals surface area contributed by atoms with E-state index in [0.29, 0.717) is 16.5 Å². The second-order valence-electron chi connectivity index (χ2n) is 6.74. The lowest BCUT2D eigenvalue weighted by Crippen LogP contribution is -2.48. The molecule has 4 nitrogen and oxygen atoms in total. The summed E-state index contributed by atoms with van der Waals surface area (Å²) in [5, 5.41) is 3.43. The number of amides is 2. The highest BCUT2D eigenvalue weighted by Gasteiger charge is 2.32. The highest BCUT2D eigenvalue weighted by atomic mass is 35.5. The third kappa shape index (κ3) is 4.04. The van der Waals surface area contributed by atoms with E-state index in [-0.39, 0.29) is 23.4 Å². The molecule has 1 aliphatic carbocycles. The second kappa shape index (κ2) is 7.75. The summed E-state index contributed by atoms with van der Waals surface area (Å²) >= 11 is 11.9. The number of hydrogen-bond donors (Lipinski definition) is 1. The van der Waals surface area contributed by atoms with E-state index in [1.807, 2.05) is 4.90 Å². The number of rotatable bonds is 3. The number of nitrogens with zero attached hydrogens (tertiary/aromatic N) is 1. The Balaban J connectivity index is 1.52. The molecule has 1 aliphatic heterocycles. The van der Waals surface area contributed by atoms with Crippen LogP contribution in [0.3, 0.4) is 0 Å². The number of benzene rings is 1. The molecule has 130 valence electrons. The third-order valence-corrected chi connectivity index (χ3v) is 5.77. The zero-order chi connectivity index (χ0) is 17.1. The first-order chi connectivity index (χ1) is 11.5. The first-order valence-corrected chi connectivity index (χ1v) is 9.31. The fourth-order valence-electron chi connectivity index (χ4n) is 3.86. The van der Waals surface area contributed by atoms with Gasteiger partial charge in [0, 0.05) is 18.1 Å². The van der Waals surface area contributed by atoms with Crippen molar-refractivity contribution in [1.82, 2.24) is 10.2 Å². The summed E-state index contributed by atoms with van der Waals surface area (Å²) in [6, 6.07) is 4.70. The smallest absolute Gasteiger partial charge is 0.253 e. The Kier molecular flexibility index (Phi) is 5.67. The number of halogens is 2. The molecule has 3 rings (SSSR count). The minimum absolute atomic E-state index is 0.00910. The fraction of sp³-hybridized carbons (Fsp3) is 0.556. The van der Waals surface area contributed by atoms with Crippen molar-refractivity contribution >= 4 is 35.0 Å². The first-order valence-electron chi connectivity index (χ1n) is 8.55. The molecule has 1 aromatic carbocycles. The Bertz CT molecular complexity index is 635. The summed E-state index contributed by atoms with van der Waals surface area (Å²) in [4.78, 5) is 26.5. The summed E-state index contributed by atoms with van der Waals surface area (Å²) < 4.78 is 0. The van der Waals surface area contributed by atoms with Gasteiger partial charge in [-0.1, -0.05) is 42.5 Å². The van der Waals surface area contributed by atoms with Gasteiger partial charge >= 0.3 is 0 Å². The van der Waals surface area contributed by atoms with Crippen LogP contribution >= 0.6 is 23.2 Å². The molecule has 2 aliphatic rings. The van der Waals surface area contributed by atoms with E-state index < -0.39 is 0 Å². The van der Waals surface area contributed by atoms with Gasteiger partial charge in [0.1, 0.15) is 0 Å². The molecule has 0 radical (unpaired) electrons. The number of nitrogens with one attached hydrogen (secondary N) is 1. The Morgan fingerprint density at radius 3 is 2.62 bits per heavy atom. The van der Waals surface area contributed by atoms with Gasteiger partial charge < -0.3 is 10.2 Å². The summed E-state index contributed by atoms with van der Waals surface area (Å²) in [5.41, 5.74) is 0.333. The number of hydrogen-bond acceptors (Lipinski definition) is 2. The highest BCUT2D eigenvalue weighted by Crippen LogP contribution is 2.35. The topological polar surface area (TPSA) is 49.4 Å². The van der Waals surface area contributed by atoms with Crippen molar-refractivity contribution < 1.29 is 9.59 Å². The van der Waals surface area contributed by atoms with Gasteiger partial charge in [0.25, 0.3) is 5.91 Å². The lowest BCUT2D eigenvalue weighted by atomic mass is 9.75. The number of piperidine rings is 1. The normalized spacial score (nSPS) is 23.5. The maximum Gasteiger partial charge on any atom is 0.253 e. The maximum atomic E-state index is 12.4. The molecule has 0 unspecified atom stereocenters. The van der Waals surface area contributed by atoms with E-state index in [9.17, 15) is 9.59 Å². The summed E-state index contributed by atoms with van der Waals surface area (Å²) in [6.07, 6.45) is 6.22. The highest BCUT2D eigenvalue weighted by molar-refractivity contribution is 6.36. The van der Waals surface area contributed by atoms with E-state index in [0.717, 1.165) is 25.4 Å². The van der Waals surface area contributed by atoms with Crippen LogP contribution in [0.5, 0.6) is 0 Å². The molecule has 0 spiro atoms. The molecule has 0 aromatic heterocycles. The number of carbonyl (C=O) groups excluding carboxylic acids is 2. The van der Waals surface area contributed by atoms with Crippen molar-refractivity contribution in [2.75, 3.05) is 19.6 Å². The molecule has 1 saturated heterocycles. The predicted molar refractivity (Wildman–Crippen MR) is 95.4 cm³/mol. The van der Waals surface area contributed by atoms with Gasteiger partial charge in [-0.15, -0.1) is 0 Å². The van der Waals surface area contributed by atoms with Crippen LogP contribution in [0.15, 0.2) is 18.2 Å². The average Bonchev–Trinajstić information content (AvgIpc) is 2.59. The zero-order valence-corrected chi connectivity index (χ0v) is 15.1. The molecule has 0 bridgehead atoms. The molecule has 1 heterocycles. The first kappa shape index (κ1) is 17.6. The van der Waals surface area contributed by atoms with Gasteiger partial charge in [-0.3, -0.25) is 9.59 Å².